The number of benzene rings is 1. The number of quaternary nitrogens is 1. The first-order valence-electron chi connectivity index (χ1n) is 4.35. The van der Waals surface area contributed by atoms with E-state index in [-0.39, 0.29) is 27.6 Å². The summed E-state index contributed by atoms with van der Waals surface area (Å²) in [5, 5.41) is 12.7. The standard InChI is InChI=1S/C9H10N2O2.BrH/c12-11(13)9-2-1-8-6-10-4-3-7(8)5-9;/h1-2,5,10H,3-4,6H2;1H. The molecule has 0 radical (unpaired) electrons. The molecule has 4 nitrogen and oxygen atoms in total. The molecule has 0 spiro atoms. The molecule has 0 fully saturated rings. The molecule has 1 heterocycles. The molecule has 0 aromatic heterocycles. The second-order valence-corrected chi connectivity index (χ2v) is 3.24. The van der Waals surface area contributed by atoms with Gasteiger partial charge in [0.15, 0.2) is 0 Å². The van der Waals surface area contributed by atoms with Crippen molar-refractivity contribution < 1.29 is 27.2 Å². The van der Waals surface area contributed by atoms with E-state index in [1.807, 2.05) is 6.07 Å². The Balaban J connectivity index is 0.000000980. The number of nitro groups is 1. The molecule has 1 aromatic carbocycles. The third kappa shape index (κ3) is 2.10. The summed E-state index contributed by atoms with van der Waals surface area (Å²) >= 11 is 0. The molecule has 14 heavy (non-hydrogen) atoms. The zero-order valence-electron chi connectivity index (χ0n) is 7.57. The summed E-state index contributed by atoms with van der Waals surface area (Å²) in [5.74, 6) is 0. The number of rotatable bonds is 1. The van der Waals surface area contributed by atoms with Crippen molar-refractivity contribution in [3.05, 3.63) is 39.4 Å². The summed E-state index contributed by atoms with van der Waals surface area (Å²) in [6.07, 6.45) is 0.941. The maximum absolute atomic E-state index is 10.5. The van der Waals surface area contributed by atoms with Crippen LogP contribution in [0.25, 0.3) is 0 Å². The van der Waals surface area contributed by atoms with E-state index in [0.717, 1.165) is 25.1 Å². The molecule has 0 saturated heterocycles. The lowest BCUT2D eigenvalue weighted by atomic mass is 10.0. The molecule has 2 rings (SSSR count). The van der Waals surface area contributed by atoms with Crippen LogP contribution in [0.5, 0.6) is 0 Å². The molecule has 0 aliphatic carbocycles. The fourth-order valence-electron chi connectivity index (χ4n) is 1.67. The second-order valence-electron chi connectivity index (χ2n) is 3.24. The molecular formula is C9H11BrN2O2. The second kappa shape index (κ2) is 4.52. The highest BCUT2D eigenvalue weighted by atomic mass is 79.9. The molecule has 5 heteroatoms. The molecule has 0 saturated carbocycles. The van der Waals surface area contributed by atoms with Gasteiger partial charge in [-0.15, -0.1) is 0 Å². The molecule has 0 amide bonds. The zero-order chi connectivity index (χ0) is 9.26. The average Bonchev–Trinajstić information content (AvgIpc) is 2.17. The van der Waals surface area contributed by atoms with Crippen molar-refractivity contribution in [2.45, 2.75) is 13.0 Å². The fourth-order valence-corrected chi connectivity index (χ4v) is 1.67. The number of nitro benzene ring substituents is 1. The van der Waals surface area contributed by atoms with Crippen molar-refractivity contribution >= 4 is 5.69 Å². The zero-order valence-corrected chi connectivity index (χ0v) is 9.16. The Kier molecular flexibility index (Phi) is 3.60. The van der Waals surface area contributed by atoms with E-state index in [0.29, 0.717) is 0 Å². The quantitative estimate of drug-likeness (QED) is 0.438. The summed E-state index contributed by atoms with van der Waals surface area (Å²) < 4.78 is 0. The predicted molar refractivity (Wildman–Crippen MR) is 47.3 cm³/mol. The van der Waals surface area contributed by atoms with Crippen LogP contribution in [-0.2, 0) is 13.0 Å². The summed E-state index contributed by atoms with van der Waals surface area (Å²) in [6.45, 7) is 1.99. The van der Waals surface area contributed by atoms with Crippen LogP contribution < -0.4 is 22.3 Å². The monoisotopic (exact) mass is 258 g/mol. The Labute approximate surface area is 92.2 Å². The molecular weight excluding hydrogens is 248 g/mol. The van der Waals surface area contributed by atoms with Gasteiger partial charge in [0.05, 0.1) is 11.5 Å². The van der Waals surface area contributed by atoms with Gasteiger partial charge in [-0.3, -0.25) is 10.1 Å². The minimum atomic E-state index is -0.335. The number of nitrogens with two attached hydrogens (primary N) is 1. The van der Waals surface area contributed by atoms with Gasteiger partial charge in [-0.1, -0.05) is 0 Å². The van der Waals surface area contributed by atoms with E-state index in [2.05, 4.69) is 5.32 Å². The Morgan fingerprint density at radius 3 is 2.86 bits per heavy atom. The van der Waals surface area contributed by atoms with Gasteiger partial charge in [0.25, 0.3) is 5.69 Å². The molecule has 76 valence electrons. The van der Waals surface area contributed by atoms with E-state index in [4.69, 9.17) is 0 Å². The van der Waals surface area contributed by atoms with Gasteiger partial charge >= 0.3 is 0 Å². The molecule has 2 N–H and O–H groups in total. The Hall–Kier alpha value is -0.940. The predicted octanol–water partition coefficient (Wildman–Crippen LogP) is -2.78. The first-order valence-corrected chi connectivity index (χ1v) is 4.35. The maximum Gasteiger partial charge on any atom is 0.269 e. The number of hydrogen-bond acceptors (Lipinski definition) is 2. The third-order valence-electron chi connectivity index (χ3n) is 2.38. The largest absolute Gasteiger partial charge is 1.00 e. The fraction of sp³-hybridized carbons (Fsp3) is 0.333. The molecule has 0 unspecified atom stereocenters. The molecule has 1 aliphatic heterocycles. The number of halogens is 1. The van der Waals surface area contributed by atoms with Crippen LogP contribution in [-0.4, -0.2) is 11.5 Å². The van der Waals surface area contributed by atoms with Crippen LogP contribution in [0, 0.1) is 10.1 Å². The minimum Gasteiger partial charge on any atom is -1.00 e. The van der Waals surface area contributed by atoms with E-state index >= 15 is 0 Å². The lowest BCUT2D eigenvalue weighted by molar-refractivity contribution is -0.673. The number of non-ortho nitro benzene ring substituents is 1. The van der Waals surface area contributed by atoms with E-state index in [1.54, 1.807) is 12.1 Å². The lowest BCUT2D eigenvalue weighted by Crippen LogP contribution is -3.00. The van der Waals surface area contributed by atoms with Gasteiger partial charge in [-0.2, -0.15) is 0 Å². The van der Waals surface area contributed by atoms with Crippen LogP contribution in [0.15, 0.2) is 18.2 Å². The van der Waals surface area contributed by atoms with Crippen LogP contribution >= 0.6 is 0 Å². The Morgan fingerprint density at radius 1 is 1.36 bits per heavy atom. The van der Waals surface area contributed by atoms with Crippen molar-refractivity contribution in [1.29, 1.82) is 0 Å². The number of nitrogens with zero attached hydrogens (tertiary/aromatic N) is 1. The normalized spacial score (nSPS) is 14.0. The van der Waals surface area contributed by atoms with Crippen molar-refractivity contribution in [1.82, 2.24) is 0 Å². The first-order chi connectivity index (χ1) is 6.27. The highest BCUT2D eigenvalue weighted by Gasteiger charge is 2.14. The highest BCUT2D eigenvalue weighted by Crippen LogP contribution is 2.18. The van der Waals surface area contributed by atoms with E-state index < -0.39 is 0 Å². The maximum atomic E-state index is 10.5. The van der Waals surface area contributed by atoms with Gasteiger partial charge in [0.1, 0.15) is 6.54 Å². The van der Waals surface area contributed by atoms with Crippen LogP contribution in [0.2, 0.25) is 0 Å². The van der Waals surface area contributed by atoms with Crippen molar-refractivity contribution in [2.75, 3.05) is 6.54 Å². The minimum absolute atomic E-state index is 0. The van der Waals surface area contributed by atoms with Crippen LogP contribution in [0.3, 0.4) is 0 Å². The van der Waals surface area contributed by atoms with Gasteiger partial charge < -0.3 is 22.3 Å². The lowest BCUT2D eigenvalue weighted by Gasteiger charge is -2.13. The summed E-state index contributed by atoms with van der Waals surface area (Å²) in [5.41, 5.74) is 2.58. The molecule has 0 bridgehead atoms. The van der Waals surface area contributed by atoms with Crippen molar-refractivity contribution in [2.24, 2.45) is 0 Å². The summed E-state index contributed by atoms with van der Waals surface area (Å²) in [7, 11) is 0. The first kappa shape index (κ1) is 11.1. The Morgan fingerprint density at radius 2 is 2.14 bits per heavy atom. The van der Waals surface area contributed by atoms with Gasteiger partial charge in [-0.05, 0) is 11.6 Å². The number of fused-ring (bicyclic) bond motifs is 1. The van der Waals surface area contributed by atoms with Gasteiger partial charge in [0, 0.05) is 24.1 Å². The van der Waals surface area contributed by atoms with Crippen LogP contribution in [0.4, 0.5) is 5.69 Å². The highest BCUT2D eigenvalue weighted by molar-refractivity contribution is 5.40. The average molecular weight is 259 g/mol. The topological polar surface area (TPSA) is 59.8 Å². The molecule has 0 atom stereocenters. The molecule has 1 aliphatic rings. The van der Waals surface area contributed by atoms with Crippen molar-refractivity contribution in [3.8, 4) is 0 Å². The summed E-state index contributed by atoms with van der Waals surface area (Å²) in [4.78, 5) is 10.1. The van der Waals surface area contributed by atoms with E-state index in [1.165, 1.54) is 5.56 Å². The third-order valence-corrected chi connectivity index (χ3v) is 2.38. The number of hydrogen-bond donors (Lipinski definition) is 1. The summed E-state index contributed by atoms with van der Waals surface area (Å²) in [6, 6.07) is 5.14. The smallest absolute Gasteiger partial charge is 0.269 e. The van der Waals surface area contributed by atoms with Crippen LogP contribution in [0.1, 0.15) is 11.1 Å². The SMILES string of the molecule is O=[N+]([O-])c1ccc2c(c1)CC[NH2+]C2.[Br-]. The van der Waals surface area contributed by atoms with E-state index in [9.17, 15) is 10.1 Å². The Bertz CT molecular complexity index is 355. The van der Waals surface area contributed by atoms with Gasteiger partial charge in [0.2, 0.25) is 0 Å². The van der Waals surface area contributed by atoms with Gasteiger partial charge in [-0.25, -0.2) is 0 Å². The molecule has 1 aromatic rings. The van der Waals surface area contributed by atoms with Crippen molar-refractivity contribution in [3.63, 3.8) is 0 Å².